The average molecular weight is 266 g/mol. The Morgan fingerprint density at radius 3 is 2.88 bits per heavy atom. The smallest absolute Gasteiger partial charge is 0.300 e. The monoisotopic (exact) mass is 265 g/mol. The van der Waals surface area contributed by atoms with Crippen LogP contribution in [0.3, 0.4) is 0 Å². The molecule has 0 aliphatic carbocycles. The summed E-state index contributed by atoms with van der Waals surface area (Å²) in [5, 5.41) is 0.220. The third kappa shape index (κ3) is 4.75. The fourth-order valence-corrected chi connectivity index (χ4v) is 1.89. The van der Waals surface area contributed by atoms with Crippen LogP contribution >= 0.6 is 11.6 Å². The van der Waals surface area contributed by atoms with E-state index in [0.29, 0.717) is 6.61 Å². The van der Waals surface area contributed by atoms with Gasteiger partial charge in [0.15, 0.2) is 0 Å². The van der Waals surface area contributed by atoms with Crippen LogP contribution in [0.4, 0.5) is 5.82 Å². The van der Waals surface area contributed by atoms with Crippen LogP contribution in [0.5, 0.6) is 0 Å². The van der Waals surface area contributed by atoms with Gasteiger partial charge in [0.1, 0.15) is 11.0 Å². The molecule has 0 aromatic carbocycles. The lowest BCUT2D eigenvalue weighted by Crippen LogP contribution is -2.32. The molecular weight excluding hydrogens is 254 g/mol. The van der Waals surface area contributed by atoms with Gasteiger partial charge >= 0.3 is 0 Å². The zero-order chi connectivity index (χ0) is 12.0. The predicted octanol–water partition coefficient (Wildman–Crippen LogP) is 0.628. The van der Waals surface area contributed by atoms with Crippen molar-refractivity contribution in [2.45, 2.75) is 0 Å². The summed E-state index contributed by atoms with van der Waals surface area (Å²) in [6.45, 7) is 0.482. The largest absolute Gasteiger partial charge is 0.383 e. The van der Waals surface area contributed by atoms with Gasteiger partial charge in [-0.2, -0.15) is 13.1 Å². The molecule has 2 N–H and O–H groups in total. The summed E-state index contributed by atoms with van der Waals surface area (Å²) in [6.07, 6.45) is 0. The Balaban J connectivity index is 2.59. The number of pyridine rings is 1. The number of hydrogen-bond acceptors (Lipinski definition) is 4. The van der Waals surface area contributed by atoms with Gasteiger partial charge in [0.25, 0.3) is 10.2 Å². The van der Waals surface area contributed by atoms with Crippen LogP contribution in [0.25, 0.3) is 0 Å². The van der Waals surface area contributed by atoms with E-state index in [-0.39, 0.29) is 17.5 Å². The van der Waals surface area contributed by atoms with Crippen LogP contribution in [-0.4, -0.2) is 33.7 Å². The number of rotatable bonds is 6. The number of halogens is 1. The number of nitrogens with zero attached hydrogens (tertiary/aromatic N) is 1. The van der Waals surface area contributed by atoms with E-state index in [4.69, 9.17) is 16.3 Å². The normalized spacial score (nSPS) is 11.4. The van der Waals surface area contributed by atoms with Gasteiger partial charge in [-0.25, -0.2) is 4.98 Å². The standard InChI is InChI=1S/C8H12ClN3O3S/c1-15-6-5-10-16(13,14)12-8-4-2-3-7(9)11-8/h2-4,10H,5-6H2,1H3,(H,11,12). The van der Waals surface area contributed by atoms with Crippen molar-refractivity contribution >= 4 is 27.6 Å². The van der Waals surface area contributed by atoms with Gasteiger partial charge in [-0.3, -0.25) is 4.72 Å². The molecule has 8 heteroatoms. The number of methoxy groups -OCH3 is 1. The number of aromatic nitrogens is 1. The highest BCUT2D eigenvalue weighted by Crippen LogP contribution is 2.09. The van der Waals surface area contributed by atoms with Crippen molar-refractivity contribution in [3.8, 4) is 0 Å². The highest BCUT2D eigenvalue weighted by Gasteiger charge is 2.09. The lowest BCUT2D eigenvalue weighted by atomic mass is 10.5. The van der Waals surface area contributed by atoms with E-state index >= 15 is 0 Å². The molecule has 1 aromatic heterocycles. The van der Waals surface area contributed by atoms with E-state index in [1.807, 2.05) is 0 Å². The Bertz CT molecular complexity index is 438. The third-order valence-electron chi connectivity index (χ3n) is 1.55. The summed E-state index contributed by atoms with van der Waals surface area (Å²) in [5.41, 5.74) is 0. The Hall–Kier alpha value is -0.890. The molecule has 6 nitrogen and oxygen atoms in total. The van der Waals surface area contributed by atoms with Crippen LogP contribution in [0.15, 0.2) is 18.2 Å². The number of hydrogen-bond donors (Lipinski definition) is 2. The SMILES string of the molecule is COCCNS(=O)(=O)Nc1cccc(Cl)n1. The number of anilines is 1. The van der Waals surface area contributed by atoms with Crippen LogP contribution in [0.2, 0.25) is 5.15 Å². The number of ether oxygens (including phenoxy) is 1. The van der Waals surface area contributed by atoms with Gasteiger partial charge in [-0.1, -0.05) is 17.7 Å². The van der Waals surface area contributed by atoms with E-state index in [9.17, 15) is 8.42 Å². The number of nitrogens with one attached hydrogen (secondary N) is 2. The topological polar surface area (TPSA) is 80.3 Å². The van der Waals surface area contributed by atoms with Crippen LogP contribution in [0, 0.1) is 0 Å². The second-order valence-corrected chi connectivity index (χ2v) is 4.73. The molecule has 0 unspecified atom stereocenters. The molecule has 16 heavy (non-hydrogen) atoms. The molecule has 0 bridgehead atoms. The Kier molecular flexibility index (Phi) is 4.94. The van der Waals surface area contributed by atoms with E-state index in [1.54, 1.807) is 12.1 Å². The van der Waals surface area contributed by atoms with Gasteiger partial charge in [0.2, 0.25) is 0 Å². The first kappa shape index (κ1) is 13.2. The maximum Gasteiger partial charge on any atom is 0.300 e. The van der Waals surface area contributed by atoms with Crippen molar-refractivity contribution in [2.75, 3.05) is 25.0 Å². The maximum absolute atomic E-state index is 11.4. The Morgan fingerprint density at radius 2 is 2.25 bits per heavy atom. The molecular formula is C8H12ClN3O3S. The molecule has 0 aliphatic rings. The minimum atomic E-state index is -3.62. The van der Waals surface area contributed by atoms with E-state index < -0.39 is 10.2 Å². The van der Waals surface area contributed by atoms with Crippen molar-refractivity contribution in [2.24, 2.45) is 0 Å². The molecule has 0 fully saturated rings. The summed E-state index contributed by atoms with van der Waals surface area (Å²) in [5.74, 6) is 0.164. The average Bonchev–Trinajstić information content (AvgIpc) is 2.17. The molecule has 0 spiro atoms. The summed E-state index contributed by atoms with van der Waals surface area (Å²) < 4.78 is 32.1. The minimum Gasteiger partial charge on any atom is -0.383 e. The van der Waals surface area contributed by atoms with Crippen molar-refractivity contribution in [1.29, 1.82) is 0 Å². The van der Waals surface area contributed by atoms with Crippen LogP contribution < -0.4 is 9.44 Å². The minimum absolute atomic E-state index is 0.164. The van der Waals surface area contributed by atoms with Gasteiger partial charge in [0, 0.05) is 13.7 Å². The summed E-state index contributed by atoms with van der Waals surface area (Å²) in [7, 11) is -2.14. The van der Waals surface area contributed by atoms with Gasteiger partial charge in [-0.05, 0) is 12.1 Å². The lowest BCUT2D eigenvalue weighted by molar-refractivity contribution is 0.204. The van der Waals surface area contributed by atoms with Crippen LogP contribution in [-0.2, 0) is 14.9 Å². The molecule has 0 saturated carbocycles. The lowest BCUT2D eigenvalue weighted by Gasteiger charge is -2.08. The van der Waals surface area contributed by atoms with Crippen molar-refractivity contribution < 1.29 is 13.2 Å². The van der Waals surface area contributed by atoms with E-state index in [0.717, 1.165) is 0 Å². The molecule has 0 atom stereocenters. The molecule has 1 rings (SSSR count). The van der Waals surface area contributed by atoms with Crippen molar-refractivity contribution in [1.82, 2.24) is 9.71 Å². The molecule has 90 valence electrons. The summed E-state index contributed by atoms with van der Waals surface area (Å²) in [6, 6.07) is 4.65. The fourth-order valence-electron chi connectivity index (χ4n) is 0.917. The fraction of sp³-hybridized carbons (Fsp3) is 0.375. The first-order chi connectivity index (χ1) is 7.53. The highest BCUT2D eigenvalue weighted by molar-refractivity contribution is 7.90. The summed E-state index contributed by atoms with van der Waals surface area (Å²) >= 11 is 5.61. The van der Waals surface area contributed by atoms with Crippen LogP contribution in [0.1, 0.15) is 0 Å². The molecule has 0 saturated heterocycles. The maximum atomic E-state index is 11.4. The Morgan fingerprint density at radius 1 is 1.50 bits per heavy atom. The molecule has 0 aliphatic heterocycles. The van der Waals surface area contributed by atoms with Gasteiger partial charge in [0.05, 0.1) is 6.61 Å². The first-order valence-electron chi connectivity index (χ1n) is 4.42. The van der Waals surface area contributed by atoms with Gasteiger partial charge < -0.3 is 4.74 Å². The zero-order valence-electron chi connectivity index (χ0n) is 8.60. The van der Waals surface area contributed by atoms with E-state index in [1.165, 1.54) is 13.2 Å². The van der Waals surface area contributed by atoms with E-state index in [2.05, 4.69) is 14.4 Å². The first-order valence-corrected chi connectivity index (χ1v) is 6.28. The van der Waals surface area contributed by atoms with Crippen molar-refractivity contribution in [3.05, 3.63) is 23.4 Å². The third-order valence-corrected chi connectivity index (χ3v) is 2.82. The second kappa shape index (κ2) is 6.00. The predicted molar refractivity (Wildman–Crippen MR) is 61.7 cm³/mol. The van der Waals surface area contributed by atoms with Crippen molar-refractivity contribution in [3.63, 3.8) is 0 Å². The summed E-state index contributed by atoms with van der Waals surface area (Å²) in [4.78, 5) is 3.79. The Labute approximate surface area is 99.2 Å². The quantitative estimate of drug-likeness (QED) is 0.584. The molecule has 1 heterocycles. The molecule has 0 radical (unpaired) electrons. The molecule has 1 aromatic rings. The zero-order valence-corrected chi connectivity index (χ0v) is 10.2. The second-order valence-electron chi connectivity index (χ2n) is 2.84. The highest BCUT2D eigenvalue weighted by atomic mass is 35.5. The molecule has 0 amide bonds. The van der Waals surface area contributed by atoms with Gasteiger partial charge in [-0.15, -0.1) is 0 Å².